The van der Waals surface area contributed by atoms with Crippen molar-refractivity contribution in [2.45, 2.75) is 19.8 Å². The second-order valence-corrected chi connectivity index (χ2v) is 4.61. The molecule has 0 N–H and O–H groups in total. The normalized spacial score (nSPS) is 10.2. The summed E-state index contributed by atoms with van der Waals surface area (Å²) in [5.74, 6) is -0.261. The molecular formula is C16H16N2O4. The molecule has 0 bridgehead atoms. The monoisotopic (exact) mass is 300 g/mol. The summed E-state index contributed by atoms with van der Waals surface area (Å²) in [5, 5.41) is 10.7. The predicted octanol–water partition coefficient (Wildman–Crippen LogP) is 3.15. The fourth-order valence-corrected chi connectivity index (χ4v) is 2.12. The Morgan fingerprint density at radius 3 is 2.64 bits per heavy atom. The lowest BCUT2D eigenvalue weighted by Gasteiger charge is -2.08. The molecular weight excluding hydrogens is 284 g/mol. The first kappa shape index (κ1) is 15.6. The Labute approximate surface area is 127 Å². The second kappa shape index (κ2) is 7.31. The molecule has 1 aromatic heterocycles. The van der Waals surface area contributed by atoms with E-state index in [4.69, 9.17) is 4.74 Å². The lowest BCUT2D eigenvalue weighted by molar-refractivity contribution is -0.384. The minimum Gasteiger partial charge on any atom is -0.466 e. The quantitative estimate of drug-likeness (QED) is 0.465. The fraction of sp³-hybridized carbons (Fsp3) is 0.250. The molecule has 0 radical (unpaired) electrons. The van der Waals surface area contributed by atoms with Crippen LogP contribution in [0.1, 0.15) is 19.0 Å². The highest BCUT2D eigenvalue weighted by Crippen LogP contribution is 2.25. The minimum atomic E-state index is -0.436. The van der Waals surface area contributed by atoms with E-state index in [-0.39, 0.29) is 18.1 Å². The first-order chi connectivity index (χ1) is 10.6. The van der Waals surface area contributed by atoms with Crippen molar-refractivity contribution in [3.05, 3.63) is 58.4 Å². The largest absolute Gasteiger partial charge is 0.466 e. The van der Waals surface area contributed by atoms with Gasteiger partial charge in [0.15, 0.2) is 0 Å². The van der Waals surface area contributed by atoms with Crippen LogP contribution < -0.4 is 0 Å². The Hall–Kier alpha value is -2.76. The molecule has 0 amide bonds. The van der Waals surface area contributed by atoms with Gasteiger partial charge in [0.1, 0.15) is 0 Å². The summed E-state index contributed by atoms with van der Waals surface area (Å²) in [5.41, 5.74) is 2.50. The van der Waals surface area contributed by atoms with Gasteiger partial charge in [-0.1, -0.05) is 6.07 Å². The molecule has 1 aromatic carbocycles. The molecule has 0 atom stereocenters. The molecule has 0 fully saturated rings. The molecule has 2 rings (SSSR count). The number of nitrogens with zero attached hydrogens (tertiary/aromatic N) is 2. The molecule has 1 heterocycles. The van der Waals surface area contributed by atoms with Gasteiger partial charge < -0.3 is 4.74 Å². The van der Waals surface area contributed by atoms with Gasteiger partial charge in [0, 0.05) is 36.0 Å². The van der Waals surface area contributed by atoms with E-state index in [0.717, 1.165) is 16.8 Å². The van der Waals surface area contributed by atoms with Crippen molar-refractivity contribution in [3.63, 3.8) is 0 Å². The van der Waals surface area contributed by atoms with Gasteiger partial charge >= 0.3 is 5.97 Å². The average molecular weight is 300 g/mol. The number of aromatic nitrogens is 1. The zero-order chi connectivity index (χ0) is 15.9. The fourth-order valence-electron chi connectivity index (χ4n) is 2.12. The zero-order valence-electron chi connectivity index (χ0n) is 12.2. The number of ether oxygens (including phenoxy) is 1. The third-order valence-corrected chi connectivity index (χ3v) is 3.15. The molecule has 6 heteroatoms. The topological polar surface area (TPSA) is 82.3 Å². The number of hydrogen-bond acceptors (Lipinski definition) is 5. The number of carbonyl (C=O) groups is 1. The van der Waals surface area contributed by atoms with Gasteiger partial charge in [0.2, 0.25) is 0 Å². The number of pyridine rings is 1. The first-order valence-electron chi connectivity index (χ1n) is 6.96. The zero-order valence-corrected chi connectivity index (χ0v) is 12.2. The number of nitro benzene ring substituents is 1. The highest BCUT2D eigenvalue weighted by atomic mass is 16.6. The molecule has 114 valence electrons. The van der Waals surface area contributed by atoms with Crippen LogP contribution in [-0.4, -0.2) is 22.5 Å². The number of nitro groups is 1. The number of non-ortho nitro benzene ring substituents is 1. The van der Waals surface area contributed by atoms with Crippen molar-refractivity contribution in [2.24, 2.45) is 0 Å². The maximum absolute atomic E-state index is 11.5. The maximum atomic E-state index is 11.5. The predicted molar refractivity (Wildman–Crippen MR) is 81.3 cm³/mol. The lowest BCUT2D eigenvalue weighted by Crippen LogP contribution is -2.06. The van der Waals surface area contributed by atoms with Crippen LogP contribution in [0, 0.1) is 10.1 Å². The van der Waals surface area contributed by atoms with Gasteiger partial charge in [-0.25, -0.2) is 0 Å². The molecule has 6 nitrogen and oxygen atoms in total. The van der Waals surface area contributed by atoms with E-state index in [9.17, 15) is 14.9 Å². The Balaban J connectivity index is 2.20. The maximum Gasteiger partial charge on any atom is 0.306 e. The highest BCUT2D eigenvalue weighted by molar-refractivity contribution is 5.71. The number of carbonyl (C=O) groups excluding carboxylic acids is 1. The van der Waals surface area contributed by atoms with E-state index >= 15 is 0 Å². The summed E-state index contributed by atoms with van der Waals surface area (Å²) < 4.78 is 4.91. The van der Waals surface area contributed by atoms with E-state index in [1.807, 2.05) is 6.07 Å². The third-order valence-electron chi connectivity index (χ3n) is 3.15. The van der Waals surface area contributed by atoms with Gasteiger partial charge in [0.05, 0.1) is 18.0 Å². The number of aryl methyl sites for hydroxylation is 1. The average Bonchev–Trinajstić information content (AvgIpc) is 2.53. The molecule has 0 aliphatic rings. The smallest absolute Gasteiger partial charge is 0.306 e. The Bertz CT molecular complexity index is 668. The molecule has 0 saturated heterocycles. The SMILES string of the molecule is CCOC(=O)CCc1ncccc1-c1ccc([N+](=O)[O-])cc1. The van der Waals surface area contributed by atoms with Crippen LogP contribution >= 0.6 is 0 Å². The summed E-state index contributed by atoms with van der Waals surface area (Å²) in [6, 6.07) is 9.96. The standard InChI is InChI=1S/C16H16N2O4/c1-2-22-16(19)10-9-15-14(4-3-11-17-15)12-5-7-13(8-6-12)18(20)21/h3-8,11H,2,9-10H2,1H3. The van der Waals surface area contributed by atoms with E-state index in [1.165, 1.54) is 12.1 Å². The van der Waals surface area contributed by atoms with E-state index in [0.29, 0.717) is 13.0 Å². The lowest BCUT2D eigenvalue weighted by atomic mass is 10.0. The highest BCUT2D eigenvalue weighted by Gasteiger charge is 2.11. The second-order valence-electron chi connectivity index (χ2n) is 4.61. The van der Waals surface area contributed by atoms with E-state index < -0.39 is 4.92 Å². The third kappa shape index (κ3) is 3.88. The van der Waals surface area contributed by atoms with Crippen LogP contribution in [0.25, 0.3) is 11.1 Å². The van der Waals surface area contributed by atoms with E-state index in [2.05, 4.69) is 4.98 Å². The van der Waals surface area contributed by atoms with Crippen molar-refractivity contribution in [1.82, 2.24) is 4.98 Å². The molecule has 0 spiro atoms. The minimum absolute atomic E-state index is 0.0423. The summed E-state index contributed by atoms with van der Waals surface area (Å²) in [4.78, 5) is 26.0. The van der Waals surface area contributed by atoms with Crippen molar-refractivity contribution in [2.75, 3.05) is 6.61 Å². The summed E-state index contributed by atoms with van der Waals surface area (Å²) in [6.45, 7) is 2.12. The van der Waals surface area contributed by atoms with Crippen molar-refractivity contribution in [3.8, 4) is 11.1 Å². The summed E-state index contributed by atoms with van der Waals surface area (Å²) in [6.07, 6.45) is 2.38. The van der Waals surface area contributed by atoms with Gasteiger partial charge in [-0.3, -0.25) is 19.9 Å². The Kier molecular flexibility index (Phi) is 5.19. The van der Waals surface area contributed by atoms with Crippen LogP contribution in [0.5, 0.6) is 0 Å². The van der Waals surface area contributed by atoms with Gasteiger partial charge in [0.25, 0.3) is 5.69 Å². The van der Waals surface area contributed by atoms with E-state index in [1.54, 1.807) is 31.3 Å². The molecule has 22 heavy (non-hydrogen) atoms. The van der Waals surface area contributed by atoms with Crippen LogP contribution in [0.2, 0.25) is 0 Å². The Morgan fingerprint density at radius 1 is 1.27 bits per heavy atom. The van der Waals surface area contributed by atoms with Crippen molar-refractivity contribution < 1.29 is 14.5 Å². The Morgan fingerprint density at radius 2 is 2.00 bits per heavy atom. The van der Waals surface area contributed by atoms with Crippen LogP contribution in [0.4, 0.5) is 5.69 Å². The van der Waals surface area contributed by atoms with Crippen LogP contribution in [0.3, 0.4) is 0 Å². The number of rotatable bonds is 6. The first-order valence-corrected chi connectivity index (χ1v) is 6.96. The molecule has 0 saturated carbocycles. The van der Waals surface area contributed by atoms with Crippen LogP contribution in [0.15, 0.2) is 42.6 Å². The van der Waals surface area contributed by atoms with Gasteiger partial charge in [-0.05, 0) is 30.7 Å². The molecule has 2 aromatic rings. The molecule has 0 aliphatic carbocycles. The number of benzene rings is 1. The van der Waals surface area contributed by atoms with Crippen molar-refractivity contribution in [1.29, 1.82) is 0 Å². The summed E-state index contributed by atoms with van der Waals surface area (Å²) in [7, 11) is 0. The number of hydrogen-bond donors (Lipinski definition) is 0. The number of esters is 1. The van der Waals surface area contributed by atoms with Gasteiger partial charge in [-0.2, -0.15) is 0 Å². The van der Waals surface area contributed by atoms with Gasteiger partial charge in [-0.15, -0.1) is 0 Å². The van der Waals surface area contributed by atoms with Crippen molar-refractivity contribution >= 4 is 11.7 Å². The molecule has 0 aliphatic heterocycles. The molecule has 0 unspecified atom stereocenters. The summed E-state index contributed by atoms with van der Waals surface area (Å²) >= 11 is 0. The van der Waals surface area contributed by atoms with Crippen LogP contribution in [-0.2, 0) is 16.0 Å².